The fourth-order valence-electron chi connectivity index (χ4n) is 2.81. The standard InChI is InChI=1S/C17H26N2O4S/c18-17-16-14(13-24(21,22)19-17)9-8-10-15(16)23-12-7-5-3-1-2-4-6-11-20/h8-10,20H,1-7,11-13H2,(H2,18,19). The lowest BCUT2D eigenvalue weighted by molar-refractivity contribution is 0.281. The summed E-state index contributed by atoms with van der Waals surface area (Å²) >= 11 is 0. The number of unbranched alkanes of at least 4 members (excludes halogenated alkanes) is 6. The van der Waals surface area contributed by atoms with Crippen molar-refractivity contribution in [3.05, 3.63) is 29.3 Å². The number of nitrogens with zero attached hydrogens (tertiary/aromatic N) is 1. The van der Waals surface area contributed by atoms with E-state index in [1.165, 1.54) is 6.42 Å². The summed E-state index contributed by atoms with van der Waals surface area (Å²) in [4.78, 5) is 0. The maximum atomic E-state index is 11.6. The zero-order valence-corrected chi connectivity index (χ0v) is 14.7. The van der Waals surface area contributed by atoms with Crippen LogP contribution in [-0.4, -0.2) is 32.6 Å². The third kappa shape index (κ3) is 5.49. The Morgan fingerprint density at radius 1 is 1.08 bits per heavy atom. The van der Waals surface area contributed by atoms with Crippen molar-refractivity contribution in [2.75, 3.05) is 13.2 Å². The Morgan fingerprint density at radius 2 is 1.75 bits per heavy atom. The lowest BCUT2D eigenvalue weighted by Gasteiger charge is -2.18. The second-order valence-corrected chi connectivity index (χ2v) is 7.68. The molecule has 0 radical (unpaired) electrons. The molecule has 24 heavy (non-hydrogen) atoms. The number of nitrogens with two attached hydrogens (primary N) is 1. The molecule has 1 aromatic rings. The van der Waals surface area contributed by atoms with Crippen LogP contribution in [0.5, 0.6) is 5.75 Å². The predicted molar refractivity (Wildman–Crippen MR) is 94.7 cm³/mol. The molecule has 0 unspecified atom stereocenters. The fraction of sp³-hybridized carbons (Fsp3) is 0.588. The zero-order chi connectivity index (χ0) is 17.4. The second kappa shape index (κ2) is 9.03. The molecule has 0 aliphatic carbocycles. The first-order valence-corrected chi connectivity index (χ1v) is 10.1. The number of amidine groups is 1. The number of rotatable bonds is 10. The number of aliphatic hydroxyl groups is 1. The lowest BCUT2D eigenvalue weighted by Crippen LogP contribution is -2.24. The van der Waals surface area contributed by atoms with Gasteiger partial charge in [0.1, 0.15) is 11.6 Å². The van der Waals surface area contributed by atoms with Crippen molar-refractivity contribution in [2.24, 2.45) is 10.1 Å². The first-order valence-electron chi connectivity index (χ1n) is 8.47. The van der Waals surface area contributed by atoms with Gasteiger partial charge in [-0.15, -0.1) is 4.40 Å². The van der Waals surface area contributed by atoms with Crippen LogP contribution in [0.2, 0.25) is 0 Å². The molecular formula is C17H26N2O4S. The number of hydrogen-bond donors (Lipinski definition) is 2. The van der Waals surface area contributed by atoms with Crippen LogP contribution in [0.3, 0.4) is 0 Å². The molecule has 0 bridgehead atoms. The van der Waals surface area contributed by atoms with E-state index in [1.807, 2.05) is 0 Å². The molecule has 6 nitrogen and oxygen atoms in total. The van der Waals surface area contributed by atoms with Gasteiger partial charge in [0.25, 0.3) is 10.0 Å². The number of ether oxygens (including phenoxy) is 1. The highest BCUT2D eigenvalue weighted by Crippen LogP contribution is 2.28. The van der Waals surface area contributed by atoms with E-state index in [-0.39, 0.29) is 18.2 Å². The largest absolute Gasteiger partial charge is 0.493 e. The van der Waals surface area contributed by atoms with Gasteiger partial charge in [0.05, 0.1) is 17.9 Å². The van der Waals surface area contributed by atoms with E-state index in [0.29, 0.717) is 23.5 Å². The average Bonchev–Trinajstić information content (AvgIpc) is 2.51. The van der Waals surface area contributed by atoms with Crippen LogP contribution in [0.15, 0.2) is 22.6 Å². The van der Waals surface area contributed by atoms with Gasteiger partial charge in [-0.2, -0.15) is 0 Å². The Kier molecular flexibility index (Phi) is 7.05. The third-order valence-corrected chi connectivity index (χ3v) is 5.15. The van der Waals surface area contributed by atoms with Crippen LogP contribution >= 0.6 is 0 Å². The van der Waals surface area contributed by atoms with Crippen molar-refractivity contribution in [2.45, 2.75) is 50.7 Å². The molecule has 0 atom stereocenters. The summed E-state index contributed by atoms with van der Waals surface area (Å²) in [6.45, 7) is 0.857. The molecule has 0 spiro atoms. The van der Waals surface area contributed by atoms with Crippen molar-refractivity contribution in [3.8, 4) is 5.75 Å². The molecule has 0 amide bonds. The Balaban J connectivity index is 1.79. The van der Waals surface area contributed by atoms with Crippen LogP contribution in [0.1, 0.15) is 56.1 Å². The van der Waals surface area contributed by atoms with Gasteiger partial charge in [-0.1, -0.05) is 44.2 Å². The minimum absolute atomic E-state index is 0.00994. The Morgan fingerprint density at radius 3 is 2.46 bits per heavy atom. The van der Waals surface area contributed by atoms with Crippen molar-refractivity contribution in [1.82, 2.24) is 0 Å². The third-order valence-electron chi connectivity index (χ3n) is 4.00. The van der Waals surface area contributed by atoms with E-state index in [1.54, 1.807) is 18.2 Å². The first-order chi connectivity index (χ1) is 11.5. The summed E-state index contributed by atoms with van der Waals surface area (Å²) in [5, 5.41) is 8.71. The lowest BCUT2D eigenvalue weighted by atomic mass is 10.1. The van der Waals surface area contributed by atoms with E-state index >= 15 is 0 Å². The van der Waals surface area contributed by atoms with Crippen molar-refractivity contribution in [1.29, 1.82) is 0 Å². The number of aliphatic hydroxyl groups excluding tert-OH is 1. The topological polar surface area (TPSA) is 102 Å². The summed E-state index contributed by atoms with van der Waals surface area (Å²) < 4.78 is 32.7. The normalized spacial score (nSPS) is 15.6. The summed E-state index contributed by atoms with van der Waals surface area (Å²) in [6.07, 6.45) is 7.51. The summed E-state index contributed by atoms with van der Waals surface area (Å²) in [6, 6.07) is 5.32. The number of fused-ring (bicyclic) bond motifs is 1. The highest BCUT2D eigenvalue weighted by atomic mass is 32.2. The number of hydrogen-bond acceptors (Lipinski definition) is 5. The Labute approximate surface area is 143 Å². The van der Waals surface area contributed by atoms with E-state index in [2.05, 4.69) is 4.40 Å². The van der Waals surface area contributed by atoms with Crippen LogP contribution in [0, 0.1) is 0 Å². The summed E-state index contributed by atoms with van der Waals surface area (Å²) in [5.74, 6) is 0.482. The average molecular weight is 354 g/mol. The molecule has 3 N–H and O–H groups in total. The molecule has 2 rings (SSSR count). The molecule has 0 aromatic heterocycles. The van der Waals surface area contributed by atoms with Gasteiger partial charge >= 0.3 is 0 Å². The predicted octanol–water partition coefficient (Wildman–Crippen LogP) is 2.34. The molecule has 134 valence electrons. The van der Waals surface area contributed by atoms with Crippen molar-refractivity contribution in [3.63, 3.8) is 0 Å². The molecule has 0 fully saturated rings. The SMILES string of the molecule is NC1=NS(=O)(=O)Cc2cccc(OCCCCCCCCCO)c21. The van der Waals surface area contributed by atoms with E-state index in [4.69, 9.17) is 15.6 Å². The van der Waals surface area contributed by atoms with Gasteiger partial charge in [0, 0.05) is 6.61 Å². The molecule has 1 aliphatic rings. The first kappa shape index (κ1) is 18.7. The van der Waals surface area contributed by atoms with Crippen molar-refractivity contribution < 1.29 is 18.3 Å². The fourth-order valence-corrected chi connectivity index (χ4v) is 3.90. The molecule has 7 heteroatoms. The number of benzene rings is 1. The summed E-state index contributed by atoms with van der Waals surface area (Å²) in [7, 11) is -3.51. The second-order valence-electron chi connectivity index (χ2n) is 6.04. The summed E-state index contributed by atoms with van der Waals surface area (Å²) in [5.41, 5.74) is 7.06. The minimum Gasteiger partial charge on any atom is -0.493 e. The maximum Gasteiger partial charge on any atom is 0.259 e. The highest BCUT2D eigenvalue weighted by molar-refractivity contribution is 7.89. The number of sulfonamides is 1. The molecule has 1 aliphatic heterocycles. The van der Waals surface area contributed by atoms with E-state index < -0.39 is 10.0 Å². The highest BCUT2D eigenvalue weighted by Gasteiger charge is 2.24. The van der Waals surface area contributed by atoms with Crippen LogP contribution in [-0.2, 0) is 15.8 Å². The quantitative estimate of drug-likeness (QED) is 0.628. The van der Waals surface area contributed by atoms with Crippen LogP contribution in [0.4, 0.5) is 0 Å². The van der Waals surface area contributed by atoms with Gasteiger partial charge in [-0.3, -0.25) is 0 Å². The van der Waals surface area contributed by atoms with Gasteiger partial charge in [-0.25, -0.2) is 8.42 Å². The molecular weight excluding hydrogens is 328 g/mol. The molecule has 0 saturated carbocycles. The van der Waals surface area contributed by atoms with Gasteiger partial charge in [-0.05, 0) is 24.5 Å². The molecule has 1 aromatic carbocycles. The molecule has 1 heterocycles. The van der Waals surface area contributed by atoms with Crippen LogP contribution < -0.4 is 10.5 Å². The Hall–Kier alpha value is -1.60. The van der Waals surface area contributed by atoms with Crippen molar-refractivity contribution >= 4 is 15.9 Å². The monoisotopic (exact) mass is 354 g/mol. The molecule has 0 saturated heterocycles. The van der Waals surface area contributed by atoms with Gasteiger partial charge in [0.15, 0.2) is 0 Å². The maximum absolute atomic E-state index is 11.6. The van der Waals surface area contributed by atoms with Gasteiger partial charge in [0.2, 0.25) is 0 Å². The zero-order valence-electron chi connectivity index (χ0n) is 13.9. The van der Waals surface area contributed by atoms with Crippen LogP contribution in [0.25, 0.3) is 0 Å². The Bertz CT molecular complexity index is 671. The van der Waals surface area contributed by atoms with E-state index in [9.17, 15) is 8.42 Å². The minimum atomic E-state index is -3.51. The van der Waals surface area contributed by atoms with E-state index in [0.717, 1.165) is 38.5 Å². The smallest absolute Gasteiger partial charge is 0.259 e. The van der Waals surface area contributed by atoms with Gasteiger partial charge < -0.3 is 15.6 Å².